The number of allylic oxidation sites excluding steroid dienone is 2. The number of hydrogen-bond acceptors (Lipinski definition) is 0. The third kappa shape index (κ3) is 0.797. The van der Waals surface area contributed by atoms with E-state index in [1.54, 1.807) is 25.7 Å². The Morgan fingerprint density at radius 3 is 2.67 bits per heavy atom. The molecule has 0 saturated heterocycles. The maximum atomic E-state index is 2.65. The molecule has 0 heteroatoms. The first kappa shape index (κ1) is 7.92. The summed E-state index contributed by atoms with van der Waals surface area (Å²) in [5, 5.41) is 0. The summed E-state index contributed by atoms with van der Waals surface area (Å²) < 4.78 is 0. The zero-order valence-electron chi connectivity index (χ0n) is 9.36. The lowest BCUT2D eigenvalue weighted by molar-refractivity contribution is 0.130. The molecule has 0 spiro atoms. The van der Waals surface area contributed by atoms with E-state index in [2.05, 4.69) is 6.08 Å². The molecule has 7 unspecified atom stereocenters. The van der Waals surface area contributed by atoms with E-state index in [9.17, 15) is 0 Å². The van der Waals surface area contributed by atoms with Crippen molar-refractivity contribution in [1.82, 2.24) is 0 Å². The summed E-state index contributed by atoms with van der Waals surface area (Å²) in [4.78, 5) is 0. The van der Waals surface area contributed by atoms with Crippen LogP contribution in [0.15, 0.2) is 11.6 Å². The molecule has 0 amide bonds. The van der Waals surface area contributed by atoms with E-state index >= 15 is 0 Å². The second kappa shape index (κ2) is 2.36. The smallest absolute Gasteiger partial charge is 0.0160 e. The summed E-state index contributed by atoms with van der Waals surface area (Å²) in [5.41, 5.74) is 1.83. The van der Waals surface area contributed by atoms with Crippen LogP contribution >= 0.6 is 0 Å². The molecule has 6 aliphatic rings. The van der Waals surface area contributed by atoms with Crippen molar-refractivity contribution in [3.05, 3.63) is 11.6 Å². The van der Waals surface area contributed by atoms with E-state index in [0.717, 1.165) is 17.8 Å². The SMILES string of the molecule is C1=C2CC1C1C(C2)CC2C3CCC(C3)C21. The highest BCUT2D eigenvalue weighted by molar-refractivity contribution is 5.27. The van der Waals surface area contributed by atoms with E-state index in [4.69, 9.17) is 0 Å². The summed E-state index contributed by atoms with van der Waals surface area (Å²) in [7, 11) is 0. The summed E-state index contributed by atoms with van der Waals surface area (Å²) in [6, 6.07) is 0. The molecule has 7 atom stereocenters. The van der Waals surface area contributed by atoms with Gasteiger partial charge in [-0.05, 0) is 80.0 Å². The van der Waals surface area contributed by atoms with Crippen LogP contribution < -0.4 is 0 Å². The minimum atomic E-state index is 1.05. The fourth-order valence-electron chi connectivity index (χ4n) is 6.39. The highest BCUT2D eigenvalue weighted by atomic mass is 14.6. The van der Waals surface area contributed by atoms with E-state index in [1.807, 2.05) is 5.57 Å². The van der Waals surface area contributed by atoms with Crippen LogP contribution in [-0.4, -0.2) is 0 Å². The maximum Gasteiger partial charge on any atom is -0.0160 e. The lowest BCUT2D eigenvalue weighted by Crippen LogP contribution is -2.36. The van der Waals surface area contributed by atoms with Crippen molar-refractivity contribution < 1.29 is 0 Å². The minimum absolute atomic E-state index is 1.05. The van der Waals surface area contributed by atoms with Crippen LogP contribution in [0.4, 0.5) is 0 Å². The maximum absolute atomic E-state index is 2.65. The van der Waals surface area contributed by atoms with Crippen LogP contribution in [0.25, 0.3) is 0 Å². The Hall–Kier alpha value is -0.260. The topological polar surface area (TPSA) is 0 Å². The predicted octanol–water partition coefficient (Wildman–Crippen LogP) is 3.63. The summed E-state index contributed by atoms with van der Waals surface area (Å²) >= 11 is 0. The van der Waals surface area contributed by atoms with Crippen LogP contribution in [-0.2, 0) is 0 Å². The molecule has 80 valence electrons. The van der Waals surface area contributed by atoms with E-state index < -0.39 is 0 Å². The van der Waals surface area contributed by atoms with Gasteiger partial charge in [0.25, 0.3) is 0 Å². The van der Waals surface area contributed by atoms with Gasteiger partial charge < -0.3 is 0 Å². The zero-order valence-corrected chi connectivity index (χ0v) is 9.36. The van der Waals surface area contributed by atoms with Gasteiger partial charge in [-0.1, -0.05) is 11.6 Å². The van der Waals surface area contributed by atoms with Crippen LogP contribution in [0, 0.1) is 41.4 Å². The Kier molecular flexibility index (Phi) is 1.25. The van der Waals surface area contributed by atoms with Gasteiger partial charge in [0.2, 0.25) is 0 Å². The fraction of sp³-hybridized carbons (Fsp3) is 0.867. The summed E-state index contributed by atoms with van der Waals surface area (Å²) in [6.07, 6.45) is 12.1. The van der Waals surface area contributed by atoms with Crippen LogP contribution in [0.3, 0.4) is 0 Å². The van der Waals surface area contributed by atoms with Crippen molar-refractivity contribution in [3.63, 3.8) is 0 Å². The first-order chi connectivity index (χ1) is 7.40. The monoisotopic (exact) mass is 200 g/mol. The van der Waals surface area contributed by atoms with Gasteiger partial charge in [-0.25, -0.2) is 0 Å². The van der Waals surface area contributed by atoms with Crippen LogP contribution in [0.2, 0.25) is 0 Å². The Bertz CT molecular complexity index is 353. The Labute approximate surface area is 92.1 Å². The standard InChI is InChI=1S/C15H20/c1-2-10-6-9(1)13-7-12-5-8-3-11(4-8)14(12)15(10)13/h3,9-15H,1-2,4-7H2. The lowest BCUT2D eigenvalue weighted by atomic mass is 9.60. The van der Waals surface area contributed by atoms with Gasteiger partial charge in [0.1, 0.15) is 0 Å². The molecule has 4 bridgehead atoms. The third-order valence-corrected chi connectivity index (χ3v) is 6.69. The molecule has 6 rings (SSSR count). The molecule has 4 saturated carbocycles. The Morgan fingerprint density at radius 1 is 0.867 bits per heavy atom. The molecule has 0 radical (unpaired) electrons. The van der Waals surface area contributed by atoms with Gasteiger partial charge in [0, 0.05) is 0 Å². The molecule has 6 aliphatic carbocycles. The van der Waals surface area contributed by atoms with E-state index in [1.165, 1.54) is 36.5 Å². The fourth-order valence-corrected chi connectivity index (χ4v) is 6.39. The molecule has 0 aliphatic heterocycles. The molecule has 0 aromatic heterocycles. The second-order valence-electron chi connectivity index (χ2n) is 7.04. The number of rotatable bonds is 0. The van der Waals surface area contributed by atoms with Crippen molar-refractivity contribution in [3.8, 4) is 0 Å². The summed E-state index contributed by atoms with van der Waals surface area (Å²) in [5.74, 6) is 8.07. The molecule has 0 aromatic carbocycles. The average molecular weight is 200 g/mol. The molecule has 0 heterocycles. The van der Waals surface area contributed by atoms with Gasteiger partial charge in [0.05, 0.1) is 0 Å². The van der Waals surface area contributed by atoms with Crippen LogP contribution in [0.1, 0.15) is 38.5 Å². The van der Waals surface area contributed by atoms with Crippen molar-refractivity contribution in [2.45, 2.75) is 38.5 Å². The van der Waals surface area contributed by atoms with Gasteiger partial charge in [-0.2, -0.15) is 0 Å². The second-order valence-corrected chi connectivity index (χ2v) is 7.04. The molecule has 0 aromatic rings. The number of fused-ring (bicyclic) bond motifs is 5. The van der Waals surface area contributed by atoms with E-state index in [0.29, 0.717) is 0 Å². The predicted molar refractivity (Wildman–Crippen MR) is 60.2 cm³/mol. The van der Waals surface area contributed by atoms with Gasteiger partial charge in [-0.3, -0.25) is 0 Å². The average Bonchev–Trinajstić information content (AvgIpc) is 2.85. The molecule has 15 heavy (non-hydrogen) atoms. The quantitative estimate of drug-likeness (QED) is 0.524. The number of hydrogen-bond donors (Lipinski definition) is 0. The minimum Gasteiger partial charge on any atom is -0.0816 e. The van der Waals surface area contributed by atoms with Crippen molar-refractivity contribution in [2.24, 2.45) is 41.4 Å². The first-order valence-corrected chi connectivity index (χ1v) is 7.10. The summed E-state index contributed by atoms with van der Waals surface area (Å²) in [6.45, 7) is 0. The van der Waals surface area contributed by atoms with Gasteiger partial charge in [0.15, 0.2) is 0 Å². The third-order valence-electron chi connectivity index (χ3n) is 6.69. The van der Waals surface area contributed by atoms with Gasteiger partial charge >= 0.3 is 0 Å². The highest BCUT2D eigenvalue weighted by Gasteiger charge is 2.60. The molecular weight excluding hydrogens is 180 g/mol. The van der Waals surface area contributed by atoms with E-state index in [-0.39, 0.29) is 0 Å². The van der Waals surface area contributed by atoms with Gasteiger partial charge in [-0.15, -0.1) is 0 Å². The molecular formula is C15H20. The first-order valence-electron chi connectivity index (χ1n) is 7.10. The Morgan fingerprint density at radius 2 is 1.73 bits per heavy atom. The Balaban J connectivity index is 1.57. The van der Waals surface area contributed by atoms with Crippen LogP contribution in [0.5, 0.6) is 0 Å². The van der Waals surface area contributed by atoms with Crippen molar-refractivity contribution in [2.75, 3.05) is 0 Å². The van der Waals surface area contributed by atoms with Crippen molar-refractivity contribution >= 4 is 0 Å². The highest BCUT2D eigenvalue weighted by Crippen LogP contribution is 2.68. The zero-order chi connectivity index (χ0) is 9.57. The van der Waals surface area contributed by atoms with Crippen molar-refractivity contribution in [1.29, 1.82) is 0 Å². The molecule has 4 fully saturated rings. The molecule has 0 nitrogen and oxygen atoms in total. The molecule has 0 N–H and O–H groups in total. The largest absolute Gasteiger partial charge is 0.0816 e. The lowest BCUT2D eigenvalue weighted by Gasteiger charge is -2.45. The normalized spacial score (nSPS) is 63.5.